The number of pyridine rings is 1. The van der Waals surface area contributed by atoms with Crippen LogP contribution in [-0.2, 0) is 4.74 Å². The Morgan fingerprint density at radius 2 is 2.17 bits per heavy atom. The lowest BCUT2D eigenvalue weighted by Crippen LogP contribution is -2.14. The minimum Gasteiger partial charge on any atom is -0.385 e. The lowest BCUT2D eigenvalue weighted by atomic mass is 10.2. The van der Waals surface area contributed by atoms with E-state index in [1.807, 2.05) is 6.07 Å². The molecule has 0 bridgehead atoms. The molecule has 2 N–H and O–H groups in total. The standard InChI is InChI=1S/C17H18N4O2/c1-23-8-4-7-20-15-9-14(11-19-12-15)17(22)21-16-6-3-2-5-13(16)10-18/h2-3,5-6,9,11-12,20H,4,7-8H2,1H3,(H,21,22). The van der Waals surface area contributed by atoms with E-state index >= 15 is 0 Å². The van der Waals surface area contributed by atoms with E-state index < -0.39 is 0 Å². The van der Waals surface area contributed by atoms with Gasteiger partial charge in [0.25, 0.3) is 5.91 Å². The molecular weight excluding hydrogens is 292 g/mol. The molecule has 2 aromatic rings. The molecule has 0 unspecified atom stereocenters. The molecule has 23 heavy (non-hydrogen) atoms. The van der Waals surface area contributed by atoms with Crippen molar-refractivity contribution in [3.8, 4) is 6.07 Å². The van der Waals surface area contributed by atoms with Crippen molar-refractivity contribution in [3.63, 3.8) is 0 Å². The van der Waals surface area contributed by atoms with Gasteiger partial charge in [0.05, 0.1) is 22.5 Å². The molecule has 0 fully saturated rings. The first-order chi connectivity index (χ1) is 11.2. The Morgan fingerprint density at radius 1 is 1.35 bits per heavy atom. The maximum atomic E-state index is 12.3. The fourth-order valence-electron chi connectivity index (χ4n) is 1.99. The lowest BCUT2D eigenvalue weighted by molar-refractivity contribution is 0.102. The van der Waals surface area contributed by atoms with Gasteiger partial charge < -0.3 is 15.4 Å². The second-order valence-electron chi connectivity index (χ2n) is 4.85. The molecule has 1 aromatic heterocycles. The van der Waals surface area contributed by atoms with E-state index in [-0.39, 0.29) is 5.91 Å². The van der Waals surface area contributed by atoms with Gasteiger partial charge in [0.15, 0.2) is 0 Å². The molecule has 118 valence electrons. The van der Waals surface area contributed by atoms with E-state index in [4.69, 9.17) is 10.00 Å². The van der Waals surface area contributed by atoms with Gasteiger partial charge in [-0.3, -0.25) is 9.78 Å². The average molecular weight is 310 g/mol. The van der Waals surface area contributed by atoms with Crippen LogP contribution >= 0.6 is 0 Å². The predicted octanol–water partition coefficient (Wildman–Crippen LogP) is 2.65. The molecule has 6 nitrogen and oxygen atoms in total. The number of nitrogens with zero attached hydrogens (tertiary/aromatic N) is 2. The van der Waals surface area contributed by atoms with Crippen LogP contribution in [0.25, 0.3) is 0 Å². The van der Waals surface area contributed by atoms with Gasteiger partial charge >= 0.3 is 0 Å². The number of nitriles is 1. The van der Waals surface area contributed by atoms with Gasteiger partial charge in [-0.25, -0.2) is 0 Å². The molecule has 0 aliphatic carbocycles. The quantitative estimate of drug-likeness (QED) is 0.768. The number of hydrogen-bond acceptors (Lipinski definition) is 5. The van der Waals surface area contributed by atoms with Crippen LogP contribution in [0.4, 0.5) is 11.4 Å². The van der Waals surface area contributed by atoms with E-state index in [1.54, 1.807) is 43.6 Å². The Morgan fingerprint density at radius 3 is 2.96 bits per heavy atom. The van der Waals surface area contributed by atoms with Crippen molar-refractivity contribution in [2.75, 3.05) is 30.9 Å². The smallest absolute Gasteiger partial charge is 0.257 e. The Bertz CT molecular complexity index is 710. The van der Waals surface area contributed by atoms with Gasteiger partial charge in [-0.1, -0.05) is 12.1 Å². The average Bonchev–Trinajstić information content (AvgIpc) is 2.59. The molecule has 0 aliphatic rings. The van der Waals surface area contributed by atoms with Crippen LogP contribution in [-0.4, -0.2) is 31.2 Å². The summed E-state index contributed by atoms with van der Waals surface area (Å²) in [6, 6.07) is 10.6. The SMILES string of the molecule is COCCCNc1cncc(C(=O)Nc2ccccc2C#N)c1. The van der Waals surface area contributed by atoms with Crippen molar-refractivity contribution in [1.29, 1.82) is 5.26 Å². The number of rotatable bonds is 7. The summed E-state index contributed by atoms with van der Waals surface area (Å²) >= 11 is 0. The number of benzene rings is 1. The van der Waals surface area contributed by atoms with Crippen LogP contribution in [0.1, 0.15) is 22.3 Å². The Kier molecular flexibility index (Phi) is 6.09. The molecule has 1 aromatic carbocycles. The molecule has 0 spiro atoms. The van der Waals surface area contributed by atoms with E-state index in [0.717, 1.165) is 18.7 Å². The number of ether oxygens (including phenoxy) is 1. The highest BCUT2D eigenvalue weighted by Crippen LogP contribution is 2.16. The molecule has 0 saturated heterocycles. The van der Waals surface area contributed by atoms with Crippen LogP contribution in [0, 0.1) is 11.3 Å². The summed E-state index contributed by atoms with van der Waals surface area (Å²) in [5.74, 6) is -0.305. The topological polar surface area (TPSA) is 87.0 Å². The van der Waals surface area contributed by atoms with Crippen molar-refractivity contribution in [3.05, 3.63) is 53.9 Å². The van der Waals surface area contributed by atoms with Gasteiger partial charge in [0.1, 0.15) is 6.07 Å². The molecule has 0 atom stereocenters. The van der Waals surface area contributed by atoms with E-state index in [1.165, 1.54) is 6.20 Å². The maximum Gasteiger partial charge on any atom is 0.257 e. The number of methoxy groups -OCH3 is 1. The van der Waals surface area contributed by atoms with Gasteiger partial charge in [0, 0.05) is 32.7 Å². The van der Waals surface area contributed by atoms with Gasteiger partial charge in [-0.15, -0.1) is 0 Å². The third-order valence-electron chi connectivity index (χ3n) is 3.15. The third kappa shape index (κ3) is 4.80. The van der Waals surface area contributed by atoms with E-state index in [2.05, 4.69) is 15.6 Å². The molecule has 1 amide bonds. The summed E-state index contributed by atoms with van der Waals surface area (Å²) in [4.78, 5) is 16.4. The van der Waals surface area contributed by atoms with Gasteiger partial charge in [-0.2, -0.15) is 5.26 Å². The van der Waals surface area contributed by atoms with Crippen molar-refractivity contribution < 1.29 is 9.53 Å². The first kappa shape index (κ1) is 16.5. The number of anilines is 2. The Balaban J connectivity index is 2.03. The second-order valence-corrected chi connectivity index (χ2v) is 4.85. The maximum absolute atomic E-state index is 12.3. The summed E-state index contributed by atoms with van der Waals surface area (Å²) in [6.07, 6.45) is 4.01. The number of amides is 1. The van der Waals surface area contributed by atoms with Gasteiger partial charge in [0.2, 0.25) is 0 Å². The normalized spacial score (nSPS) is 9.91. The zero-order valence-corrected chi connectivity index (χ0v) is 12.9. The number of carbonyl (C=O) groups is 1. The van der Waals surface area contributed by atoms with Crippen LogP contribution in [0.3, 0.4) is 0 Å². The zero-order valence-electron chi connectivity index (χ0n) is 12.9. The molecule has 2 rings (SSSR count). The molecular formula is C17H18N4O2. The van der Waals surface area contributed by atoms with Crippen molar-refractivity contribution in [2.24, 2.45) is 0 Å². The monoisotopic (exact) mass is 310 g/mol. The first-order valence-electron chi connectivity index (χ1n) is 7.23. The fourth-order valence-corrected chi connectivity index (χ4v) is 1.99. The van der Waals surface area contributed by atoms with E-state index in [0.29, 0.717) is 23.4 Å². The molecule has 0 radical (unpaired) electrons. The third-order valence-corrected chi connectivity index (χ3v) is 3.15. The Labute approximate surface area is 135 Å². The molecule has 0 aliphatic heterocycles. The summed E-state index contributed by atoms with van der Waals surface area (Å²) in [5, 5.41) is 15.0. The predicted molar refractivity (Wildman–Crippen MR) is 88.3 cm³/mol. The number of nitrogens with one attached hydrogen (secondary N) is 2. The highest BCUT2D eigenvalue weighted by atomic mass is 16.5. The highest BCUT2D eigenvalue weighted by molar-refractivity contribution is 6.05. The molecule has 0 saturated carbocycles. The first-order valence-corrected chi connectivity index (χ1v) is 7.23. The highest BCUT2D eigenvalue weighted by Gasteiger charge is 2.09. The number of para-hydroxylation sites is 1. The minimum atomic E-state index is -0.305. The summed E-state index contributed by atoms with van der Waals surface area (Å²) in [7, 11) is 1.66. The zero-order chi connectivity index (χ0) is 16.5. The number of hydrogen-bond donors (Lipinski definition) is 2. The fraction of sp³-hybridized carbons (Fsp3) is 0.235. The Hall–Kier alpha value is -2.91. The van der Waals surface area contributed by atoms with Crippen molar-refractivity contribution in [1.82, 2.24) is 4.98 Å². The van der Waals surface area contributed by atoms with Crippen molar-refractivity contribution in [2.45, 2.75) is 6.42 Å². The molecule has 6 heteroatoms. The minimum absolute atomic E-state index is 0.305. The van der Waals surface area contributed by atoms with Crippen LogP contribution < -0.4 is 10.6 Å². The van der Waals surface area contributed by atoms with Gasteiger partial charge in [-0.05, 0) is 24.6 Å². The number of aromatic nitrogens is 1. The summed E-state index contributed by atoms with van der Waals surface area (Å²) < 4.78 is 4.98. The lowest BCUT2D eigenvalue weighted by Gasteiger charge is -2.09. The van der Waals surface area contributed by atoms with Crippen LogP contribution in [0.15, 0.2) is 42.7 Å². The van der Waals surface area contributed by atoms with Crippen LogP contribution in [0.5, 0.6) is 0 Å². The number of carbonyl (C=O) groups excluding carboxylic acids is 1. The van der Waals surface area contributed by atoms with E-state index in [9.17, 15) is 4.79 Å². The largest absolute Gasteiger partial charge is 0.385 e. The summed E-state index contributed by atoms with van der Waals surface area (Å²) in [6.45, 7) is 1.41. The molecule has 1 heterocycles. The second kappa shape index (κ2) is 8.51. The van der Waals surface area contributed by atoms with Crippen molar-refractivity contribution >= 4 is 17.3 Å². The van der Waals surface area contributed by atoms with Crippen LogP contribution in [0.2, 0.25) is 0 Å². The summed E-state index contributed by atoms with van der Waals surface area (Å²) in [5.41, 5.74) is 2.10.